The van der Waals surface area contributed by atoms with Crippen LogP contribution in [0.15, 0.2) is 66.7 Å². The first-order valence-electron chi connectivity index (χ1n) is 15.2. The Morgan fingerprint density at radius 2 is 1.74 bits per heavy atom. The van der Waals surface area contributed by atoms with Gasteiger partial charge in [-0.25, -0.2) is 0 Å². The molecule has 0 spiro atoms. The van der Waals surface area contributed by atoms with Gasteiger partial charge in [0.2, 0.25) is 11.8 Å². The Kier molecular flexibility index (Phi) is 9.80. The maximum Gasteiger partial charge on any atom is 0.250 e. The molecule has 7 nitrogen and oxygen atoms in total. The highest BCUT2D eigenvalue weighted by Crippen LogP contribution is 2.33. The molecule has 2 fully saturated rings. The number of amides is 3. The summed E-state index contributed by atoms with van der Waals surface area (Å²) >= 11 is 6.39. The second kappa shape index (κ2) is 13.7. The summed E-state index contributed by atoms with van der Waals surface area (Å²) < 4.78 is 0. The number of halogens is 1. The van der Waals surface area contributed by atoms with Gasteiger partial charge < -0.3 is 20.9 Å². The number of hydrogen-bond donors (Lipinski definition) is 2. The first-order valence-corrected chi connectivity index (χ1v) is 15.6. The summed E-state index contributed by atoms with van der Waals surface area (Å²) in [7, 11) is 0. The van der Waals surface area contributed by atoms with E-state index in [1.165, 1.54) is 19.3 Å². The Hall–Kier alpha value is -3.42. The molecule has 1 saturated heterocycles. The molecule has 3 aromatic rings. The summed E-state index contributed by atoms with van der Waals surface area (Å²) in [4.78, 5) is 44.7. The van der Waals surface area contributed by atoms with Crippen molar-refractivity contribution in [3.63, 3.8) is 0 Å². The van der Waals surface area contributed by atoms with Gasteiger partial charge in [-0.3, -0.25) is 14.4 Å². The highest BCUT2D eigenvalue weighted by atomic mass is 35.5. The quantitative estimate of drug-likeness (QED) is 0.350. The van der Waals surface area contributed by atoms with Crippen LogP contribution in [0, 0.1) is 0 Å². The number of hydrogen-bond acceptors (Lipinski definition) is 4. The van der Waals surface area contributed by atoms with E-state index in [-0.39, 0.29) is 17.9 Å². The zero-order chi connectivity index (χ0) is 29.6. The molecule has 3 aromatic carbocycles. The van der Waals surface area contributed by atoms with Gasteiger partial charge in [0, 0.05) is 43.0 Å². The topological polar surface area (TPSA) is 95.7 Å². The monoisotopic (exact) mass is 588 g/mol. The van der Waals surface area contributed by atoms with Gasteiger partial charge in [0.15, 0.2) is 0 Å². The second-order valence-corrected chi connectivity index (χ2v) is 12.2. The summed E-state index contributed by atoms with van der Waals surface area (Å²) in [6, 6.07) is 19.5. The number of carbonyl (C=O) groups is 3. The lowest BCUT2D eigenvalue weighted by Crippen LogP contribution is -2.52. The van der Waals surface area contributed by atoms with Gasteiger partial charge in [0.05, 0.1) is 0 Å². The summed E-state index contributed by atoms with van der Waals surface area (Å²) in [5.74, 6) is -0.958. The molecule has 222 valence electrons. The van der Waals surface area contributed by atoms with Crippen molar-refractivity contribution in [3.05, 3.63) is 82.9 Å². The molecule has 1 heterocycles. The molecule has 2 aliphatic rings. The van der Waals surface area contributed by atoms with Crippen molar-refractivity contribution in [2.24, 2.45) is 5.73 Å². The molecule has 3 N–H and O–H groups in total. The van der Waals surface area contributed by atoms with E-state index in [9.17, 15) is 14.4 Å². The second-order valence-electron chi connectivity index (χ2n) is 11.7. The predicted octanol–water partition coefficient (Wildman–Crippen LogP) is 5.39. The molecule has 1 saturated carbocycles. The van der Waals surface area contributed by atoms with Crippen LogP contribution in [0.1, 0.15) is 69.0 Å². The Bertz CT molecular complexity index is 1420. The van der Waals surface area contributed by atoms with E-state index in [2.05, 4.69) is 5.32 Å². The lowest BCUT2D eigenvalue weighted by atomic mass is 9.95. The fraction of sp³-hybridized carbons (Fsp3) is 0.441. The van der Waals surface area contributed by atoms with Crippen LogP contribution in [0.25, 0.3) is 10.8 Å². The fourth-order valence-corrected chi connectivity index (χ4v) is 6.85. The molecular formula is C34H41ClN4O3. The van der Waals surface area contributed by atoms with E-state index in [1.807, 2.05) is 55.5 Å². The van der Waals surface area contributed by atoms with Crippen LogP contribution in [0.2, 0.25) is 5.02 Å². The molecule has 0 aromatic heterocycles. The van der Waals surface area contributed by atoms with Crippen molar-refractivity contribution in [2.45, 2.75) is 82.5 Å². The minimum absolute atomic E-state index is 0.0873. The zero-order valence-corrected chi connectivity index (χ0v) is 25.1. The van der Waals surface area contributed by atoms with Gasteiger partial charge in [-0.15, -0.1) is 0 Å². The standard InChI is InChI=1S/C34H41ClN4O3/c1-23-18-20-38(30(33(36)41)22-25-11-7-10-24-9-5-6-16-29(24)25)34(42)32(26-12-8-13-27(35)21-26)39(23)31(40)17-19-37-28-14-3-2-4-15-28/h5-13,16,21,23,28,30,32,37H,2-4,14-15,17-20,22H2,1H3,(H2,36,41)/t23?,30?,32-/m1/s1. The Morgan fingerprint density at radius 3 is 2.50 bits per heavy atom. The minimum atomic E-state index is -0.905. The normalized spacial score (nSPS) is 20.9. The van der Waals surface area contributed by atoms with E-state index >= 15 is 0 Å². The van der Waals surface area contributed by atoms with Crippen molar-refractivity contribution in [1.29, 1.82) is 0 Å². The van der Waals surface area contributed by atoms with Gasteiger partial charge in [-0.2, -0.15) is 0 Å². The average Bonchev–Trinajstić information content (AvgIpc) is 3.11. The summed E-state index contributed by atoms with van der Waals surface area (Å²) in [6.07, 6.45) is 7.10. The summed E-state index contributed by atoms with van der Waals surface area (Å²) in [5, 5.41) is 6.12. The first kappa shape index (κ1) is 30.1. The number of nitrogens with zero attached hydrogens (tertiary/aromatic N) is 2. The van der Waals surface area contributed by atoms with Crippen LogP contribution in [-0.4, -0.2) is 58.7 Å². The fourth-order valence-electron chi connectivity index (χ4n) is 6.65. The molecule has 8 heteroatoms. The Morgan fingerprint density at radius 1 is 1.00 bits per heavy atom. The number of nitrogens with one attached hydrogen (secondary N) is 1. The molecule has 1 aliphatic heterocycles. The Balaban J connectivity index is 1.44. The van der Waals surface area contributed by atoms with Gasteiger partial charge in [-0.05, 0) is 60.2 Å². The van der Waals surface area contributed by atoms with Gasteiger partial charge in [0.25, 0.3) is 5.91 Å². The van der Waals surface area contributed by atoms with Gasteiger partial charge in [-0.1, -0.05) is 85.5 Å². The largest absolute Gasteiger partial charge is 0.368 e. The van der Waals surface area contributed by atoms with Crippen LogP contribution in [0.3, 0.4) is 0 Å². The predicted molar refractivity (Wildman–Crippen MR) is 167 cm³/mol. The average molecular weight is 589 g/mol. The van der Waals surface area contributed by atoms with Crippen molar-refractivity contribution < 1.29 is 14.4 Å². The molecule has 0 bridgehead atoms. The molecule has 42 heavy (non-hydrogen) atoms. The first-order chi connectivity index (χ1) is 20.3. The third-order valence-electron chi connectivity index (χ3n) is 8.89. The van der Waals surface area contributed by atoms with E-state index in [0.29, 0.717) is 49.0 Å². The molecule has 5 rings (SSSR count). The number of primary amides is 1. The summed E-state index contributed by atoms with van der Waals surface area (Å²) in [5.41, 5.74) is 7.58. The Labute approximate surface area is 253 Å². The maximum absolute atomic E-state index is 14.5. The molecule has 2 unspecified atom stereocenters. The number of nitrogens with two attached hydrogens (primary N) is 1. The highest BCUT2D eigenvalue weighted by molar-refractivity contribution is 6.30. The minimum Gasteiger partial charge on any atom is -0.368 e. The van der Waals surface area contributed by atoms with Gasteiger partial charge in [0.1, 0.15) is 12.1 Å². The van der Waals surface area contributed by atoms with Crippen molar-refractivity contribution >= 4 is 40.1 Å². The van der Waals surface area contributed by atoms with E-state index in [0.717, 1.165) is 29.2 Å². The molecule has 3 atom stereocenters. The van der Waals surface area contributed by atoms with E-state index < -0.39 is 18.0 Å². The van der Waals surface area contributed by atoms with Crippen LogP contribution in [0.4, 0.5) is 0 Å². The van der Waals surface area contributed by atoms with Crippen LogP contribution in [0.5, 0.6) is 0 Å². The smallest absolute Gasteiger partial charge is 0.250 e. The molecule has 1 aliphatic carbocycles. The molecular weight excluding hydrogens is 548 g/mol. The zero-order valence-electron chi connectivity index (χ0n) is 24.3. The number of rotatable bonds is 9. The molecule has 0 radical (unpaired) electrons. The van der Waals surface area contributed by atoms with Crippen LogP contribution < -0.4 is 11.1 Å². The van der Waals surface area contributed by atoms with Gasteiger partial charge >= 0.3 is 0 Å². The van der Waals surface area contributed by atoms with Crippen LogP contribution in [-0.2, 0) is 20.8 Å². The van der Waals surface area contributed by atoms with E-state index in [4.69, 9.17) is 17.3 Å². The lowest BCUT2D eigenvalue weighted by Gasteiger charge is -2.36. The summed E-state index contributed by atoms with van der Waals surface area (Å²) in [6.45, 7) is 2.86. The number of benzene rings is 3. The van der Waals surface area contributed by atoms with Crippen molar-refractivity contribution in [2.75, 3.05) is 13.1 Å². The number of carbonyl (C=O) groups excluding carboxylic acids is 3. The highest BCUT2D eigenvalue weighted by Gasteiger charge is 2.43. The third kappa shape index (κ3) is 6.79. The maximum atomic E-state index is 14.5. The molecule has 3 amide bonds. The third-order valence-corrected chi connectivity index (χ3v) is 9.12. The lowest BCUT2D eigenvalue weighted by molar-refractivity contribution is -0.148. The number of fused-ring (bicyclic) bond motifs is 1. The van der Waals surface area contributed by atoms with Crippen molar-refractivity contribution in [3.8, 4) is 0 Å². The van der Waals surface area contributed by atoms with Crippen molar-refractivity contribution in [1.82, 2.24) is 15.1 Å². The van der Waals surface area contributed by atoms with E-state index in [1.54, 1.807) is 28.0 Å². The SMILES string of the molecule is CC1CCN(C(Cc2cccc3ccccc23)C(N)=O)C(=O)[C@@H](c2cccc(Cl)c2)N1C(=O)CCNC1CCCCC1. The van der Waals surface area contributed by atoms with Crippen LogP contribution >= 0.6 is 11.6 Å².